The predicted molar refractivity (Wildman–Crippen MR) is 121 cm³/mol. The molecule has 0 aliphatic carbocycles. The zero-order valence-electron chi connectivity index (χ0n) is 18.8. The Labute approximate surface area is 194 Å². The second-order valence-electron chi connectivity index (χ2n) is 7.92. The zero-order chi connectivity index (χ0) is 24.5. The second kappa shape index (κ2) is 8.89. The Morgan fingerprint density at radius 2 is 2.03 bits per heavy atom. The standard InChI is InChI=1S/C22H23FN8O3/c1-12(32)25-9-18-27-8-17-20(24)30-22(2,11-31(17)18)14-6-13(4-5-15(14)23)29-21(33)16-7-28-19(34-3)10-26-16/h4-8,10H,9,11H2,1-3H3,(H2,24,30)(H,25,32)(H,29,33)/t22-/m0/s1. The number of ether oxygens (including phenoxy) is 1. The van der Waals surface area contributed by atoms with Crippen molar-refractivity contribution < 1.29 is 18.7 Å². The Morgan fingerprint density at radius 3 is 2.71 bits per heavy atom. The number of halogens is 1. The molecule has 12 heteroatoms. The van der Waals surface area contributed by atoms with Gasteiger partial charge in [-0.15, -0.1) is 0 Å². The van der Waals surface area contributed by atoms with E-state index in [1.165, 1.54) is 44.6 Å². The molecule has 1 atom stereocenters. The normalized spacial score (nSPS) is 16.9. The van der Waals surface area contributed by atoms with Gasteiger partial charge in [0.05, 0.1) is 38.8 Å². The van der Waals surface area contributed by atoms with Gasteiger partial charge in [-0.2, -0.15) is 0 Å². The van der Waals surface area contributed by atoms with Crippen LogP contribution in [-0.2, 0) is 23.4 Å². The largest absolute Gasteiger partial charge is 0.480 e. The quantitative estimate of drug-likeness (QED) is 0.496. The summed E-state index contributed by atoms with van der Waals surface area (Å²) in [5, 5.41) is 5.40. The number of benzene rings is 1. The summed E-state index contributed by atoms with van der Waals surface area (Å²) in [5.74, 6) is -0.186. The van der Waals surface area contributed by atoms with Crippen molar-refractivity contribution in [1.29, 1.82) is 0 Å². The maximum absolute atomic E-state index is 15.0. The first kappa shape index (κ1) is 22.8. The highest BCUT2D eigenvalue weighted by Crippen LogP contribution is 2.35. The topological polar surface area (TPSA) is 149 Å². The summed E-state index contributed by atoms with van der Waals surface area (Å²) in [6.45, 7) is 3.58. The Balaban J connectivity index is 1.62. The highest BCUT2D eigenvalue weighted by atomic mass is 19.1. The van der Waals surface area contributed by atoms with E-state index in [4.69, 9.17) is 10.5 Å². The fourth-order valence-electron chi connectivity index (χ4n) is 3.70. The van der Waals surface area contributed by atoms with Gasteiger partial charge < -0.3 is 25.7 Å². The number of aromatic nitrogens is 4. The SMILES string of the molecule is COc1cnc(C(=O)Nc2ccc(F)c([C@]3(C)Cn4c(cnc4CNC(C)=O)C(N)=N3)c2)cn1. The third-order valence-electron chi connectivity index (χ3n) is 5.40. The second-order valence-corrected chi connectivity index (χ2v) is 7.92. The highest BCUT2D eigenvalue weighted by Gasteiger charge is 2.36. The molecule has 1 aromatic carbocycles. The molecule has 3 heterocycles. The number of amides is 2. The smallest absolute Gasteiger partial charge is 0.275 e. The van der Waals surface area contributed by atoms with Crippen molar-refractivity contribution in [3.8, 4) is 5.88 Å². The van der Waals surface area contributed by atoms with Crippen molar-refractivity contribution in [3.05, 3.63) is 65.4 Å². The van der Waals surface area contributed by atoms with Gasteiger partial charge in [0.25, 0.3) is 5.91 Å². The van der Waals surface area contributed by atoms with Crippen LogP contribution in [0.4, 0.5) is 10.1 Å². The number of anilines is 1. The van der Waals surface area contributed by atoms with Gasteiger partial charge in [-0.05, 0) is 25.1 Å². The predicted octanol–water partition coefficient (Wildman–Crippen LogP) is 1.34. The van der Waals surface area contributed by atoms with Crippen molar-refractivity contribution in [2.45, 2.75) is 32.5 Å². The Hall–Kier alpha value is -4.35. The van der Waals surface area contributed by atoms with Crippen LogP contribution in [0.5, 0.6) is 5.88 Å². The van der Waals surface area contributed by atoms with Crippen LogP contribution in [0.15, 0.2) is 41.8 Å². The van der Waals surface area contributed by atoms with Gasteiger partial charge in [-0.1, -0.05) is 0 Å². The van der Waals surface area contributed by atoms with Crippen molar-refractivity contribution >= 4 is 23.3 Å². The minimum absolute atomic E-state index is 0.0727. The summed E-state index contributed by atoms with van der Waals surface area (Å²) < 4.78 is 21.7. The first-order valence-corrected chi connectivity index (χ1v) is 10.3. The van der Waals surface area contributed by atoms with E-state index >= 15 is 0 Å². The van der Waals surface area contributed by atoms with Crippen molar-refractivity contribution in [2.75, 3.05) is 12.4 Å². The Bertz CT molecular complexity index is 1290. The Kier molecular flexibility index (Phi) is 5.97. The number of nitrogens with one attached hydrogen (secondary N) is 2. The van der Waals surface area contributed by atoms with E-state index in [-0.39, 0.29) is 42.0 Å². The molecule has 0 spiro atoms. The number of methoxy groups -OCH3 is 1. The molecule has 34 heavy (non-hydrogen) atoms. The number of fused-ring (bicyclic) bond motifs is 1. The fourth-order valence-corrected chi connectivity index (χ4v) is 3.70. The molecule has 0 fully saturated rings. The van der Waals surface area contributed by atoms with Crippen LogP contribution in [0.25, 0.3) is 0 Å². The molecule has 0 radical (unpaired) electrons. The van der Waals surface area contributed by atoms with Gasteiger partial charge in [0.2, 0.25) is 11.8 Å². The molecule has 3 aromatic rings. The monoisotopic (exact) mass is 466 g/mol. The summed E-state index contributed by atoms with van der Waals surface area (Å²) in [6.07, 6.45) is 4.18. The van der Waals surface area contributed by atoms with Crippen molar-refractivity contribution in [1.82, 2.24) is 24.8 Å². The molecule has 11 nitrogen and oxygen atoms in total. The summed E-state index contributed by atoms with van der Waals surface area (Å²) in [6, 6.07) is 4.21. The van der Waals surface area contributed by atoms with Crippen LogP contribution in [0.2, 0.25) is 0 Å². The molecule has 176 valence electrons. The summed E-state index contributed by atoms with van der Waals surface area (Å²) in [4.78, 5) is 40.7. The van der Waals surface area contributed by atoms with Crippen molar-refractivity contribution in [3.63, 3.8) is 0 Å². The number of nitrogens with two attached hydrogens (primary N) is 1. The molecular formula is C22H23FN8O3. The lowest BCUT2D eigenvalue weighted by Crippen LogP contribution is -2.38. The van der Waals surface area contributed by atoms with Gasteiger partial charge in [0, 0.05) is 18.2 Å². The number of carbonyl (C=O) groups is 2. The molecule has 2 aromatic heterocycles. The van der Waals surface area contributed by atoms with Crippen LogP contribution in [0, 0.1) is 5.82 Å². The summed E-state index contributed by atoms with van der Waals surface area (Å²) >= 11 is 0. The maximum Gasteiger partial charge on any atom is 0.275 e. The average molecular weight is 466 g/mol. The number of rotatable bonds is 6. The van der Waals surface area contributed by atoms with E-state index in [9.17, 15) is 14.0 Å². The van der Waals surface area contributed by atoms with Gasteiger partial charge in [-0.3, -0.25) is 14.6 Å². The molecular weight excluding hydrogens is 443 g/mol. The lowest BCUT2D eigenvalue weighted by molar-refractivity contribution is -0.119. The first-order valence-electron chi connectivity index (χ1n) is 10.3. The summed E-state index contributed by atoms with van der Waals surface area (Å²) in [5.41, 5.74) is 6.33. The van der Waals surface area contributed by atoms with Gasteiger partial charge >= 0.3 is 0 Å². The van der Waals surface area contributed by atoms with Crippen LogP contribution in [-0.4, -0.2) is 44.3 Å². The molecule has 4 N–H and O–H groups in total. The third-order valence-corrected chi connectivity index (χ3v) is 5.40. The number of hydrogen-bond donors (Lipinski definition) is 3. The van der Waals surface area contributed by atoms with Crippen LogP contribution < -0.4 is 21.1 Å². The number of aliphatic imine (C=N–C) groups is 1. The van der Waals surface area contributed by atoms with E-state index in [0.717, 1.165) is 0 Å². The maximum atomic E-state index is 15.0. The number of imidazole rings is 1. The van der Waals surface area contributed by atoms with E-state index in [2.05, 4.69) is 30.6 Å². The zero-order valence-corrected chi connectivity index (χ0v) is 18.8. The molecule has 0 unspecified atom stereocenters. The molecule has 4 rings (SSSR count). The minimum Gasteiger partial charge on any atom is -0.480 e. The molecule has 1 aliphatic rings. The number of carbonyl (C=O) groups excluding carboxylic acids is 2. The van der Waals surface area contributed by atoms with Crippen LogP contribution in [0.1, 0.15) is 41.4 Å². The first-order chi connectivity index (χ1) is 16.2. The molecule has 0 saturated carbocycles. The summed E-state index contributed by atoms with van der Waals surface area (Å²) in [7, 11) is 1.44. The van der Waals surface area contributed by atoms with Crippen molar-refractivity contribution in [2.24, 2.45) is 10.7 Å². The van der Waals surface area contributed by atoms with Gasteiger partial charge in [-0.25, -0.2) is 19.3 Å². The van der Waals surface area contributed by atoms with E-state index in [1.807, 2.05) is 0 Å². The van der Waals surface area contributed by atoms with Gasteiger partial charge in [0.1, 0.15) is 34.4 Å². The number of nitrogens with zero attached hydrogens (tertiary/aromatic N) is 5. The van der Waals surface area contributed by atoms with E-state index in [0.29, 0.717) is 17.2 Å². The Morgan fingerprint density at radius 1 is 1.24 bits per heavy atom. The molecule has 2 amide bonds. The lowest BCUT2D eigenvalue weighted by atomic mass is 9.90. The molecule has 0 bridgehead atoms. The van der Waals surface area contributed by atoms with E-state index in [1.54, 1.807) is 17.7 Å². The fraction of sp³-hybridized carbons (Fsp3) is 0.273. The number of amidine groups is 1. The minimum atomic E-state index is -1.09. The molecule has 0 saturated heterocycles. The van der Waals surface area contributed by atoms with E-state index < -0.39 is 17.3 Å². The highest BCUT2D eigenvalue weighted by molar-refractivity contribution is 6.02. The third kappa shape index (κ3) is 4.42. The average Bonchev–Trinajstić information content (AvgIpc) is 3.21. The lowest BCUT2D eigenvalue weighted by Gasteiger charge is -2.32. The number of hydrogen-bond acceptors (Lipinski definition) is 8. The van der Waals surface area contributed by atoms with Gasteiger partial charge in [0.15, 0.2) is 0 Å². The molecule has 1 aliphatic heterocycles. The van der Waals surface area contributed by atoms with Crippen LogP contribution in [0.3, 0.4) is 0 Å². The van der Waals surface area contributed by atoms with Crippen LogP contribution >= 0.6 is 0 Å².